The van der Waals surface area contributed by atoms with E-state index in [1.165, 1.54) is 32.5 Å². The Bertz CT molecular complexity index is 1250. The van der Waals surface area contributed by atoms with Crippen molar-refractivity contribution in [2.45, 2.75) is 38.8 Å². The lowest BCUT2D eigenvalue weighted by Gasteiger charge is -2.39. The monoisotopic (exact) mass is 483 g/mol. The molecule has 10 nitrogen and oxygen atoms in total. The first-order valence-corrected chi connectivity index (χ1v) is 11.1. The van der Waals surface area contributed by atoms with Gasteiger partial charge in [-0.2, -0.15) is 4.98 Å². The summed E-state index contributed by atoms with van der Waals surface area (Å²) in [5.74, 6) is -0.638. The molecule has 2 unspecified atom stereocenters. The first kappa shape index (κ1) is 24.1. The smallest absolute Gasteiger partial charge is 0.345 e. The lowest BCUT2D eigenvalue weighted by molar-refractivity contribution is 0.0591. The van der Waals surface area contributed by atoms with Crippen molar-refractivity contribution in [2.75, 3.05) is 26.1 Å². The topological polar surface area (TPSA) is 120 Å². The summed E-state index contributed by atoms with van der Waals surface area (Å²) in [6.07, 6.45) is 2.94. The molecular formula is C24H26FN5O5. The van der Waals surface area contributed by atoms with Gasteiger partial charge in [0, 0.05) is 31.7 Å². The number of rotatable bonds is 6. The molecule has 35 heavy (non-hydrogen) atoms. The minimum absolute atomic E-state index is 0.000859. The number of piperidine rings is 1. The Morgan fingerprint density at radius 1 is 1.23 bits per heavy atom. The number of amides is 1. The second-order valence-corrected chi connectivity index (χ2v) is 8.25. The third-order valence-corrected chi connectivity index (χ3v) is 6.00. The van der Waals surface area contributed by atoms with Crippen LogP contribution in [0.15, 0.2) is 35.0 Å². The van der Waals surface area contributed by atoms with Crippen molar-refractivity contribution in [3.8, 4) is 17.1 Å². The number of likely N-dealkylation sites (tertiary alicyclic amines) is 1. The molecule has 0 radical (unpaired) electrons. The summed E-state index contributed by atoms with van der Waals surface area (Å²) in [5.41, 5.74) is 0.320. The Hall–Kier alpha value is -4.02. The summed E-state index contributed by atoms with van der Waals surface area (Å²) >= 11 is 0. The van der Waals surface area contributed by atoms with Crippen LogP contribution in [0, 0.1) is 12.7 Å². The zero-order valence-electron chi connectivity index (χ0n) is 19.9. The van der Waals surface area contributed by atoms with Crippen LogP contribution in [0.1, 0.15) is 46.4 Å². The number of aromatic nitrogens is 3. The number of ether oxygens (including phenoxy) is 2. The van der Waals surface area contributed by atoms with E-state index in [-0.39, 0.29) is 46.4 Å². The van der Waals surface area contributed by atoms with Gasteiger partial charge in [0.05, 0.1) is 25.3 Å². The zero-order valence-corrected chi connectivity index (χ0v) is 19.9. The van der Waals surface area contributed by atoms with Crippen LogP contribution in [0.3, 0.4) is 0 Å². The van der Waals surface area contributed by atoms with Gasteiger partial charge in [0.15, 0.2) is 0 Å². The lowest BCUT2D eigenvalue weighted by Crippen LogP contribution is -2.50. The van der Waals surface area contributed by atoms with Gasteiger partial charge in [0.25, 0.3) is 5.91 Å². The molecule has 2 aromatic heterocycles. The number of anilines is 1. The van der Waals surface area contributed by atoms with Gasteiger partial charge in [0.2, 0.25) is 11.7 Å². The van der Waals surface area contributed by atoms with Crippen LogP contribution in [0.5, 0.6) is 5.75 Å². The van der Waals surface area contributed by atoms with Crippen LogP contribution in [0.2, 0.25) is 0 Å². The standard InChI is InChI=1S/C24H26FN5O5/c1-13-8-9-15(28-21-20(24(32)34-4)18(33-3)10-11-26-21)12-30(13)23(31)16-6-5-7-17(25)19(16)22-27-14(2)35-29-22/h5-7,10-11,13,15H,8-9,12H2,1-4H3,(H,26,28). The number of benzene rings is 1. The molecule has 1 amide bonds. The predicted octanol–water partition coefficient (Wildman–Crippen LogP) is 3.48. The van der Waals surface area contributed by atoms with Crippen LogP contribution in [-0.4, -0.2) is 64.7 Å². The summed E-state index contributed by atoms with van der Waals surface area (Å²) in [4.78, 5) is 36.1. The van der Waals surface area contributed by atoms with Crippen molar-refractivity contribution < 1.29 is 28.0 Å². The number of esters is 1. The van der Waals surface area contributed by atoms with Crippen LogP contribution < -0.4 is 10.1 Å². The van der Waals surface area contributed by atoms with E-state index < -0.39 is 11.8 Å². The fourth-order valence-electron chi connectivity index (χ4n) is 4.21. The summed E-state index contributed by atoms with van der Waals surface area (Å²) in [6.45, 7) is 3.84. The van der Waals surface area contributed by atoms with Gasteiger partial charge in [-0.25, -0.2) is 14.2 Å². The molecule has 0 bridgehead atoms. The van der Waals surface area contributed by atoms with E-state index in [4.69, 9.17) is 14.0 Å². The first-order valence-electron chi connectivity index (χ1n) is 11.1. The number of nitrogens with one attached hydrogen (secondary N) is 1. The quantitative estimate of drug-likeness (QED) is 0.526. The minimum Gasteiger partial charge on any atom is -0.496 e. The second kappa shape index (κ2) is 10.1. The number of halogens is 1. The minimum atomic E-state index is -0.612. The first-order chi connectivity index (χ1) is 16.8. The van der Waals surface area contributed by atoms with Gasteiger partial charge in [-0.05, 0) is 38.0 Å². The lowest BCUT2D eigenvalue weighted by atomic mass is 9.96. The van der Waals surface area contributed by atoms with Crippen LogP contribution in [0.4, 0.5) is 10.2 Å². The SMILES string of the molecule is COC(=O)c1c(OC)ccnc1NC1CCC(C)N(C(=O)c2cccc(F)c2-c2noc(C)n2)C1. The van der Waals surface area contributed by atoms with E-state index in [1.807, 2.05) is 6.92 Å². The van der Waals surface area contributed by atoms with Gasteiger partial charge in [0.1, 0.15) is 22.9 Å². The van der Waals surface area contributed by atoms with Gasteiger partial charge < -0.3 is 24.2 Å². The Morgan fingerprint density at radius 3 is 2.71 bits per heavy atom. The van der Waals surface area contributed by atoms with Gasteiger partial charge in [-0.1, -0.05) is 11.2 Å². The van der Waals surface area contributed by atoms with Gasteiger partial charge in [-0.3, -0.25) is 4.79 Å². The fourth-order valence-corrected chi connectivity index (χ4v) is 4.21. The number of carbonyl (C=O) groups excluding carboxylic acids is 2. The Kier molecular flexibility index (Phi) is 6.94. The largest absolute Gasteiger partial charge is 0.496 e. The van der Waals surface area contributed by atoms with E-state index in [2.05, 4.69) is 20.4 Å². The maximum atomic E-state index is 14.8. The highest BCUT2D eigenvalue weighted by molar-refractivity contribution is 6.00. The molecule has 184 valence electrons. The predicted molar refractivity (Wildman–Crippen MR) is 124 cm³/mol. The number of pyridine rings is 1. The summed E-state index contributed by atoms with van der Waals surface area (Å²) < 4.78 is 30.0. The highest BCUT2D eigenvalue weighted by Gasteiger charge is 2.33. The van der Waals surface area contributed by atoms with E-state index in [0.717, 1.165) is 6.42 Å². The van der Waals surface area contributed by atoms with Gasteiger partial charge in [-0.15, -0.1) is 0 Å². The third-order valence-electron chi connectivity index (χ3n) is 6.00. The van der Waals surface area contributed by atoms with Crippen LogP contribution in [0.25, 0.3) is 11.4 Å². The molecule has 1 fully saturated rings. The average Bonchev–Trinajstić information content (AvgIpc) is 3.29. The summed E-state index contributed by atoms with van der Waals surface area (Å²) in [5, 5.41) is 7.06. The number of aryl methyl sites for hydroxylation is 1. The third kappa shape index (κ3) is 4.79. The number of methoxy groups -OCH3 is 2. The van der Waals surface area contributed by atoms with Crippen molar-refractivity contribution in [1.29, 1.82) is 0 Å². The molecule has 4 rings (SSSR count). The molecule has 0 aliphatic carbocycles. The number of carbonyl (C=O) groups is 2. The van der Waals surface area contributed by atoms with Gasteiger partial charge >= 0.3 is 5.97 Å². The Balaban J connectivity index is 1.62. The van der Waals surface area contributed by atoms with E-state index in [9.17, 15) is 14.0 Å². The fraction of sp³-hybridized carbons (Fsp3) is 0.375. The van der Waals surface area contributed by atoms with Crippen molar-refractivity contribution in [2.24, 2.45) is 0 Å². The Labute approximate surface area is 201 Å². The van der Waals surface area contributed by atoms with E-state index in [0.29, 0.717) is 24.5 Å². The maximum absolute atomic E-state index is 14.8. The molecule has 11 heteroatoms. The molecule has 1 aliphatic rings. The highest BCUT2D eigenvalue weighted by Crippen LogP contribution is 2.30. The highest BCUT2D eigenvalue weighted by atomic mass is 19.1. The average molecular weight is 484 g/mol. The molecular weight excluding hydrogens is 457 g/mol. The molecule has 0 saturated carbocycles. The number of hydrogen-bond acceptors (Lipinski definition) is 9. The summed E-state index contributed by atoms with van der Waals surface area (Å²) in [7, 11) is 2.74. The van der Waals surface area contributed by atoms with E-state index in [1.54, 1.807) is 24.0 Å². The van der Waals surface area contributed by atoms with Crippen molar-refractivity contribution >= 4 is 17.7 Å². The van der Waals surface area contributed by atoms with E-state index >= 15 is 0 Å². The number of hydrogen-bond donors (Lipinski definition) is 1. The molecule has 1 saturated heterocycles. The second-order valence-electron chi connectivity index (χ2n) is 8.25. The van der Waals surface area contributed by atoms with Crippen molar-refractivity contribution in [3.05, 3.63) is 53.3 Å². The molecule has 2 atom stereocenters. The molecule has 0 spiro atoms. The summed E-state index contributed by atoms with van der Waals surface area (Å²) in [6, 6.07) is 5.54. The molecule has 1 aliphatic heterocycles. The van der Waals surface area contributed by atoms with Crippen LogP contribution >= 0.6 is 0 Å². The van der Waals surface area contributed by atoms with Crippen molar-refractivity contribution in [3.63, 3.8) is 0 Å². The maximum Gasteiger partial charge on any atom is 0.345 e. The molecule has 3 aromatic rings. The normalized spacial score (nSPS) is 17.7. The molecule has 1 N–H and O–H groups in total. The zero-order chi connectivity index (χ0) is 25.1. The van der Waals surface area contributed by atoms with Crippen LogP contribution in [-0.2, 0) is 4.74 Å². The molecule has 3 heterocycles. The van der Waals surface area contributed by atoms with Crippen molar-refractivity contribution in [1.82, 2.24) is 20.0 Å². The Morgan fingerprint density at radius 2 is 2.03 bits per heavy atom. The molecule has 1 aromatic carbocycles. The number of nitrogens with zero attached hydrogens (tertiary/aromatic N) is 4.